The zero-order valence-corrected chi connectivity index (χ0v) is 20.4. The molecule has 33 heavy (non-hydrogen) atoms. The number of likely N-dealkylation sites (tertiary alicyclic amines) is 1. The van der Waals surface area contributed by atoms with Crippen molar-refractivity contribution in [2.45, 2.75) is 82.8 Å². The number of hydrogen-bond acceptors (Lipinski definition) is 3. The third-order valence-electron chi connectivity index (χ3n) is 9.06. The van der Waals surface area contributed by atoms with Gasteiger partial charge in [0.05, 0.1) is 12.1 Å². The molecule has 3 saturated carbocycles. The van der Waals surface area contributed by atoms with E-state index in [4.69, 9.17) is 11.6 Å². The van der Waals surface area contributed by atoms with Gasteiger partial charge in [-0.2, -0.15) is 0 Å². The van der Waals surface area contributed by atoms with Crippen LogP contribution >= 0.6 is 11.6 Å². The van der Waals surface area contributed by atoms with Crippen molar-refractivity contribution in [3.05, 3.63) is 34.1 Å². The largest absolute Gasteiger partial charge is 0.352 e. The van der Waals surface area contributed by atoms with Crippen LogP contribution in [0.2, 0.25) is 5.02 Å². The second kappa shape index (κ2) is 8.84. The van der Waals surface area contributed by atoms with Crippen molar-refractivity contribution < 1.29 is 14.0 Å². The summed E-state index contributed by atoms with van der Waals surface area (Å²) in [5, 5.41) is 6.95. The quantitative estimate of drug-likeness (QED) is 0.636. The summed E-state index contributed by atoms with van der Waals surface area (Å²) < 4.78 is 15.1. The molecule has 0 aromatic heterocycles. The molecule has 4 aliphatic rings. The highest BCUT2D eigenvalue weighted by atomic mass is 35.5. The van der Waals surface area contributed by atoms with Gasteiger partial charge < -0.3 is 10.6 Å². The summed E-state index contributed by atoms with van der Waals surface area (Å²) in [5.74, 6) is 0.314. The number of fused-ring (bicyclic) bond motifs is 2. The molecule has 3 aliphatic carbocycles. The number of amides is 2. The fourth-order valence-corrected chi connectivity index (χ4v) is 7.11. The predicted molar refractivity (Wildman–Crippen MR) is 126 cm³/mol. The Kier molecular flexibility index (Phi) is 6.19. The van der Waals surface area contributed by atoms with E-state index in [0.29, 0.717) is 29.3 Å². The molecule has 7 heteroatoms. The van der Waals surface area contributed by atoms with Crippen LogP contribution in [0.5, 0.6) is 0 Å². The second-order valence-corrected chi connectivity index (χ2v) is 11.4. The summed E-state index contributed by atoms with van der Waals surface area (Å²) in [6, 6.07) is 2.67. The first kappa shape index (κ1) is 23.1. The number of carbonyl (C=O) groups is 2. The van der Waals surface area contributed by atoms with Crippen LogP contribution in [0.1, 0.15) is 75.0 Å². The molecule has 1 aromatic rings. The van der Waals surface area contributed by atoms with Crippen molar-refractivity contribution in [2.24, 2.45) is 17.3 Å². The molecular weight excluding hydrogens is 441 g/mol. The van der Waals surface area contributed by atoms with Gasteiger partial charge in [-0.25, -0.2) is 4.39 Å². The van der Waals surface area contributed by atoms with Crippen LogP contribution in [0.15, 0.2) is 12.1 Å². The maximum atomic E-state index is 15.1. The predicted octanol–water partition coefficient (Wildman–Crippen LogP) is 4.51. The third kappa shape index (κ3) is 4.18. The molecule has 1 saturated heterocycles. The molecule has 5 nitrogen and oxygen atoms in total. The zero-order valence-electron chi connectivity index (χ0n) is 19.6. The summed E-state index contributed by atoms with van der Waals surface area (Å²) in [6.45, 7) is 2.81. The molecule has 0 radical (unpaired) electrons. The Morgan fingerprint density at radius 1 is 1.18 bits per heavy atom. The molecule has 1 aromatic carbocycles. The normalized spacial score (nSPS) is 34.2. The van der Waals surface area contributed by atoms with Gasteiger partial charge in [-0.05, 0) is 107 Å². The first-order chi connectivity index (χ1) is 15.8. The molecule has 2 atom stereocenters. The van der Waals surface area contributed by atoms with Crippen LogP contribution in [0, 0.1) is 30.0 Å². The third-order valence-corrected chi connectivity index (χ3v) is 9.47. The second-order valence-electron chi connectivity index (χ2n) is 11.0. The lowest BCUT2D eigenvalue weighted by atomic mass is 9.72. The van der Waals surface area contributed by atoms with Crippen LogP contribution in [0.25, 0.3) is 0 Å². The van der Waals surface area contributed by atoms with Gasteiger partial charge in [0.2, 0.25) is 11.8 Å². The van der Waals surface area contributed by atoms with E-state index in [2.05, 4.69) is 15.5 Å². The average molecular weight is 476 g/mol. The van der Waals surface area contributed by atoms with E-state index in [0.717, 1.165) is 57.1 Å². The number of benzene rings is 1. The van der Waals surface area contributed by atoms with Gasteiger partial charge in [0.15, 0.2) is 0 Å². The number of nitrogens with zero attached hydrogens (tertiary/aromatic N) is 1. The van der Waals surface area contributed by atoms with Crippen LogP contribution in [-0.2, 0) is 9.59 Å². The van der Waals surface area contributed by atoms with Gasteiger partial charge in [0.1, 0.15) is 5.82 Å². The van der Waals surface area contributed by atoms with Crippen LogP contribution in [0.4, 0.5) is 4.39 Å². The lowest BCUT2D eigenvalue weighted by molar-refractivity contribution is -0.133. The Labute approximate surface area is 200 Å². The van der Waals surface area contributed by atoms with Gasteiger partial charge in [-0.3, -0.25) is 14.5 Å². The number of halogens is 2. The summed E-state index contributed by atoms with van der Waals surface area (Å²) in [7, 11) is 1.99. The lowest BCUT2D eigenvalue weighted by Gasteiger charge is -2.41. The summed E-state index contributed by atoms with van der Waals surface area (Å²) in [4.78, 5) is 28.0. The van der Waals surface area contributed by atoms with E-state index in [9.17, 15) is 9.59 Å². The molecule has 0 unspecified atom stereocenters. The van der Waals surface area contributed by atoms with E-state index in [1.54, 1.807) is 6.07 Å². The number of hydrogen-bond donors (Lipinski definition) is 2. The highest BCUT2D eigenvalue weighted by Gasteiger charge is 2.52. The summed E-state index contributed by atoms with van der Waals surface area (Å²) >= 11 is 6.38. The van der Waals surface area contributed by atoms with E-state index in [-0.39, 0.29) is 47.1 Å². The Hall–Kier alpha value is -1.66. The Morgan fingerprint density at radius 3 is 2.52 bits per heavy atom. The molecule has 2 bridgehead atoms. The van der Waals surface area contributed by atoms with Crippen molar-refractivity contribution >= 4 is 23.4 Å². The lowest BCUT2D eigenvalue weighted by Crippen LogP contribution is -2.54. The van der Waals surface area contributed by atoms with E-state index in [1.165, 1.54) is 6.07 Å². The van der Waals surface area contributed by atoms with Gasteiger partial charge in [0, 0.05) is 22.5 Å². The van der Waals surface area contributed by atoms with Gasteiger partial charge in [-0.15, -0.1) is 0 Å². The number of nitrogens with one attached hydrogen (secondary N) is 2. The fraction of sp³-hybridized carbons (Fsp3) is 0.692. The van der Waals surface area contributed by atoms with Crippen molar-refractivity contribution in [3.8, 4) is 0 Å². The first-order valence-corrected chi connectivity index (χ1v) is 12.9. The Balaban J connectivity index is 1.27. The minimum absolute atomic E-state index is 0.0213. The number of rotatable bonds is 6. The van der Waals surface area contributed by atoms with Crippen molar-refractivity contribution in [1.82, 2.24) is 15.5 Å². The van der Waals surface area contributed by atoms with Crippen molar-refractivity contribution in [2.75, 3.05) is 13.6 Å². The standard InChI is InChI=1S/C26H35ClFN3O2/c1-15-19(27)5-6-20(28)22(15)23(26-9-7-16(14-26)8-10-26)30-24(32)17-12-18(13-17)29-25(33)21-4-3-11-31(21)2/h5-6,16-18,21,23H,3-4,7-14H2,1-2H3,(H,29,33)(H,30,32)/t16?,17?,18?,21-,23-,26?/m1/s1. The average Bonchev–Trinajstić information content (AvgIpc) is 3.49. The molecule has 1 aliphatic heterocycles. The van der Waals surface area contributed by atoms with E-state index < -0.39 is 0 Å². The van der Waals surface area contributed by atoms with Crippen molar-refractivity contribution in [3.63, 3.8) is 0 Å². The fourth-order valence-electron chi connectivity index (χ4n) is 6.95. The van der Waals surface area contributed by atoms with Gasteiger partial charge >= 0.3 is 0 Å². The van der Waals surface area contributed by atoms with Gasteiger partial charge in [0.25, 0.3) is 0 Å². The smallest absolute Gasteiger partial charge is 0.237 e. The maximum absolute atomic E-state index is 15.1. The SMILES string of the molecule is Cc1c(Cl)ccc(F)c1[C@@H](NC(=O)C1CC(NC(=O)[C@H]2CCCN2C)C1)C12CCC(CC1)C2. The van der Waals surface area contributed by atoms with Crippen LogP contribution < -0.4 is 10.6 Å². The van der Waals surface area contributed by atoms with E-state index >= 15 is 4.39 Å². The molecular formula is C26H35ClFN3O2. The topological polar surface area (TPSA) is 61.4 Å². The molecule has 0 spiro atoms. The van der Waals surface area contributed by atoms with Crippen LogP contribution in [-0.4, -0.2) is 42.4 Å². The van der Waals surface area contributed by atoms with Gasteiger partial charge in [-0.1, -0.05) is 11.6 Å². The molecule has 4 fully saturated rings. The monoisotopic (exact) mass is 475 g/mol. The zero-order chi connectivity index (χ0) is 23.3. The highest BCUT2D eigenvalue weighted by Crippen LogP contribution is 2.60. The first-order valence-electron chi connectivity index (χ1n) is 12.5. The minimum Gasteiger partial charge on any atom is -0.352 e. The maximum Gasteiger partial charge on any atom is 0.237 e. The molecule has 5 rings (SSSR count). The molecule has 2 amide bonds. The molecule has 1 heterocycles. The highest BCUT2D eigenvalue weighted by molar-refractivity contribution is 6.31. The van der Waals surface area contributed by atoms with Crippen molar-refractivity contribution in [1.29, 1.82) is 0 Å². The Bertz CT molecular complexity index is 940. The van der Waals surface area contributed by atoms with E-state index in [1.807, 2.05) is 14.0 Å². The van der Waals surface area contributed by atoms with Crippen LogP contribution in [0.3, 0.4) is 0 Å². The molecule has 180 valence electrons. The number of carbonyl (C=O) groups excluding carboxylic acids is 2. The molecule has 2 N–H and O–H groups in total. The minimum atomic E-state index is -0.350. The summed E-state index contributed by atoms with van der Waals surface area (Å²) in [6.07, 6.45) is 8.63. The number of likely N-dealkylation sites (N-methyl/N-ethyl adjacent to an activating group) is 1. The summed E-state index contributed by atoms with van der Waals surface area (Å²) in [5.41, 5.74) is 1.21. The Morgan fingerprint density at radius 2 is 1.91 bits per heavy atom.